The fraction of sp³-hybridized carbons (Fsp3) is 0.867. The molecule has 4 atom stereocenters. The summed E-state index contributed by atoms with van der Waals surface area (Å²) in [5.74, 6) is 0.174. The molecule has 5 nitrogen and oxygen atoms in total. The topological polar surface area (TPSA) is 58.6 Å². The molecular weight excluding hydrogens is 256 g/mol. The van der Waals surface area contributed by atoms with Gasteiger partial charge < -0.3 is 15.0 Å². The number of hydrogen-bond acceptors (Lipinski definition) is 3. The maximum atomic E-state index is 12.9. The molecule has 0 saturated carbocycles. The van der Waals surface area contributed by atoms with Crippen LogP contribution < -0.4 is 5.32 Å². The lowest BCUT2D eigenvalue weighted by Gasteiger charge is -2.49. The van der Waals surface area contributed by atoms with Crippen LogP contribution in [0, 0.1) is 5.92 Å². The summed E-state index contributed by atoms with van der Waals surface area (Å²) >= 11 is 0. The predicted molar refractivity (Wildman–Crippen MR) is 76.2 cm³/mol. The smallest absolute Gasteiger partial charge is 0.246 e. The van der Waals surface area contributed by atoms with Crippen LogP contribution in [-0.4, -0.2) is 47.6 Å². The van der Waals surface area contributed by atoms with E-state index in [2.05, 4.69) is 5.32 Å². The van der Waals surface area contributed by atoms with Crippen molar-refractivity contribution in [3.05, 3.63) is 0 Å². The summed E-state index contributed by atoms with van der Waals surface area (Å²) in [6.45, 7) is 9.10. The van der Waals surface area contributed by atoms with Gasteiger partial charge in [0.1, 0.15) is 11.6 Å². The van der Waals surface area contributed by atoms with Gasteiger partial charge in [-0.15, -0.1) is 0 Å². The van der Waals surface area contributed by atoms with Gasteiger partial charge in [-0.25, -0.2) is 0 Å². The first kappa shape index (κ1) is 15.3. The molecule has 2 fully saturated rings. The number of nitrogens with zero attached hydrogens (tertiary/aromatic N) is 1. The molecule has 1 N–H and O–H groups in total. The molecule has 2 amide bonds. The molecule has 0 aromatic carbocycles. The molecule has 2 aliphatic heterocycles. The number of amides is 2. The summed E-state index contributed by atoms with van der Waals surface area (Å²) in [4.78, 5) is 27.2. The summed E-state index contributed by atoms with van der Waals surface area (Å²) in [5.41, 5.74) is -0.751. The highest BCUT2D eigenvalue weighted by atomic mass is 16.5. The maximum absolute atomic E-state index is 12.9. The first-order valence-electron chi connectivity index (χ1n) is 7.67. The van der Waals surface area contributed by atoms with Crippen molar-refractivity contribution in [2.45, 2.75) is 64.6 Å². The number of carbonyl (C=O) groups excluding carboxylic acids is 2. The summed E-state index contributed by atoms with van der Waals surface area (Å²) in [6.07, 6.45) is 2.31. The highest BCUT2D eigenvalue weighted by molar-refractivity contribution is 5.99. The molecule has 2 rings (SSSR count). The van der Waals surface area contributed by atoms with Gasteiger partial charge in [-0.1, -0.05) is 27.2 Å². The number of ether oxygens (including phenoxy) is 1. The van der Waals surface area contributed by atoms with Crippen LogP contribution in [0.1, 0.15) is 47.0 Å². The summed E-state index contributed by atoms with van der Waals surface area (Å²) < 4.78 is 5.43. The number of rotatable bonds is 4. The normalized spacial score (nSPS) is 36.1. The number of carbonyl (C=O) groups is 2. The molecule has 20 heavy (non-hydrogen) atoms. The van der Waals surface area contributed by atoms with Crippen molar-refractivity contribution in [2.75, 3.05) is 13.2 Å². The van der Waals surface area contributed by atoms with E-state index >= 15 is 0 Å². The minimum absolute atomic E-state index is 0.0307. The van der Waals surface area contributed by atoms with Crippen LogP contribution in [0.4, 0.5) is 0 Å². The molecule has 114 valence electrons. The SMILES string of the molecule is CCC(C)C1NC(=O)C(C)(CC)N(C2CCOC2)C1=O. The largest absolute Gasteiger partial charge is 0.379 e. The molecule has 4 unspecified atom stereocenters. The molecular formula is C15H26N2O3. The summed E-state index contributed by atoms with van der Waals surface area (Å²) in [6, 6.07) is -0.363. The Morgan fingerprint density at radius 3 is 2.65 bits per heavy atom. The Bertz CT molecular complexity index is 393. The monoisotopic (exact) mass is 282 g/mol. The zero-order valence-corrected chi connectivity index (χ0v) is 12.9. The summed E-state index contributed by atoms with van der Waals surface area (Å²) in [5, 5.41) is 2.94. The summed E-state index contributed by atoms with van der Waals surface area (Å²) in [7, 11) is 0. The van der Waals surface area contributed by atoms with Crippen molar-refractivity contribution in [3.63, 3.8) is 0 Å². The highest BCUT2D eigenvalue weighted by Gasteiger charge is 2.52. The van der Waals surface area contributed by atoms with Crippen LogP contribution in [0.25, 0.3) is 0 Å². The van der Waals surface area contributed by atoms with E-state index in [1.54, 1.807) is 0 Å². The molecule has 2 aliphatic rings. The highest BCUT2D eigenvalue weighted by Crippen LogP contribution is 2.32. The molecule has 0 bridgehead atoms. The van der Waals surface area contributed by atoms with Gasteiger partial charge in [-0.2, -0.15) is 0 Å². The quantitative estimate of drug-likeness (QED) is 0.846. The third-order valence-electron chi connectivity index (χ3n) is 4.98. The van der Waals surface area contributed by atoms with E-state index in [1.165, 1.54) is 0 Å². The van der Waals surface area contributed by atoms with Gasteiger partial charge in [-0.3, -0.25) is 9.59 Å². The predicted octanol–water partition coefficient (Wildman–Crippen LogP) is 1.32. The van der Waals surface area contributed by atoms with Gasteiger partial charge in [0.25, 0.3) is 0 Å². The standard InChI is InChI=1S/C15H26N2O3/c1-5-10(3)12-13(18)17(11-7-8-20-9-11)15(4,6-2)14(19)16-12/h10-12H,5-9H2,1-4H3,(H,16,19). The Morgan fingerprint density at radius 2 is 2.15 bits per heavy atom. The Morgan fingerprint density at radius 1 is 1.45 bits per heavy atom. The van der Waals surface area contributed by atoms with Gasteiger partial charge in [0.2, 0.25) is 11.8 Å². The first-order chi connectivity index (χ1) is 9.45. The third-order valence-corrected chi connectivity index (χ3v) is 4.98. The Hall–Kier alpha value is -1.10. The molecule has 5 heteroatoms. The average Bonchev–Trinajstić information content (AvgIpc) is 2.96. The van der Waals surface area contributed by atoms with E-state index in [4.69, 9.17) is 4.74 Å². The Balaban J connectivity index is 2.33. The fourth-order valence-electron chi connectivity index (χ4n) is 3.12. The zero-order chi connectivity index (χ0) is 14.9. The van der Waals surface area contributed by atoms with Gasteiger partial charge in [0, 0.05) is 6.61 Å². The van der Waals surface area contributed by atoms with E-state index < -0.39 is 11.6 Å². The van der Waals surface area contributed by atoms with Crippen molar-refractivity contribution in [2.24, 2.45) is 5.92 Å². The van der Waals surface area contributed by atoms with Crippen molar-refractivity contribution in [1.82, 2.24) is 10.2 Å². The van der Waals surface area contributed by atoms with Crippen LogP contribution in [0.3, 0.4) is 0 Å². The van der Waals surface area contributed by atoms with Crippen molar-refractivity contribution in [1.29, 1.82) is 0 Å². The zero-order valence-electron chi connectivity index (χ0n) is 12.9. The second kappa shape index (κ2) is 5.72. The molecule has 0 spiro atoms. The Kier molecular flexibility index (Phi) is 4.37. The van der Waals surface area contributed by atoms with Crippen LogP contribution in [0.15, 0.2) is 0 Å². The van der Waals surface area contributed by atoms with Crippen LogP contribution in [0.2, 0.25) is 0 Å². The lowest BCUT2D eigenvalue weighted by Crippen LogP contribution is -2.72. The van der Waals surface area contributed by atoms with E-state index in [-0.39, 0.29) is 23.8 Å². The van der Waals surface area contributed by atoms with Crippen LogP contribution in [-0.2, 0) is 14.3 Å². The van der Waals surface area contributed by atoms with Gasteiger partial charge >= 0.3 is 0 Å². The Labute approximate surface area is 121 Å². The number of hydrogen-bond donors (Lipinski definition) is 1. The molecule has 2 saturated heterocycles. The van der Waals surface area contributed by atoms with Crippen LogP contribution >= 0.6 is 0 Å². The van der Waals surface area contributed by atoms with E-state index in [0.29, 0.717) is 19.6 Å². The molecule has 0 aromatic rings. The average molecular weight is 282 g/mol. The van der Waals surface area contributed by atoms with Crippen LogP contribution in [0.5, 0.6) is 0 Å². The molecule has 2 heterocycles. The van der Waals surface area contributed by atoms with Gasteiger partial charge in [-0.05, 0) is 25.7 Å². The minimum Gasteiger partial charge on any atom is -0.379 e. The van der Waals surface area contributed by atoms with E-state index in [9.17, 15) is 9.59 Å². The molecule has 0 radical (unpaired) electrons. The minimum atomic E-state index is -0.751. The van der Waals surface area contributed by atoms with Gasteiger partial charge in [0.05, 0.1) is 12.6 Å². The van der Waals surface area contributed by atoms with Gasteiger partial charge in [0.15, 0.2) is 0 Å². The number of piperazine rings is 1. The molecule has 0 aliphatic carbocycles. The van der Waals surface area contributed by atoms with Crippen molar-refractivity contribution >= 4 is 11.8 Å². The first-order valence-corrected chi connectivity index (χ1v) is 7.67. The molecule has 0 aromatic heterocycles. The lowest BCUT2D eigenvalue weighted by atomic mass is 9.85. The second-order valence-electron chi connectivity index (χ2n) is 6.19. The van der Waals surface area contributed by atoms with E-state index in [0.717, 1.165) is 12.8 Å². The van der Waals surface area contributed by atoms with E-state index in [1.807, 2.05) is 32.6 Å². The fourth-order valence-corrected chi connectivity index (χ4v) is 3.12. The lowest BCUT2D eigenvalue weighted by molar-refractivity contribution is -0.161. The van der Waals surface area contributed by atoms with Crippen molar-refractivity contribution in [3.8, 4) is 0 Å². The maximum Gasteiger partial charge on any atom is 0.246 e. The number of nitrogens with one attached hydrogen (secondary N) is 1. The van der Waals surface area contributed by atoms with Crippen molar-refractivity contribution < 1.29 is 14.3 Å². The third kappa shape index (κ3) is 2.32. The second-order valence-corrected chi connectivity index (χ2v) is 6.19.